The summed E-state index contributed by atoms with van der Waals surface area (Å²) in [6.45, 7) is 10.3. The van der Waals surface area contributed by atoms with E-state index in [-0.39, 0.29) is 11.3 Å². The zero-order chi connectivity index (χ0) is 29.9. The third-order valence-electron chi connectivity index (χ3n) is 6.81. The number of rotatable bonds is 6. The van der Waals surface area contributed by atoms with E-state index in [0.29, 0.717) is 28.4 Å². The Hall–Kier alpha value is -4.66. The molecule has 2 aromatic carbocycles. The maximum atomic E-state index is 13.3. The second-order valence-corrected chi connectivity index (χ2v) is 16.1. The highest BCUT2D eigenvalue weighted by Gasteiger charge is 2.16. The first-order valence-corrected chi connectivity index (χ1v) is 17.3. The van der Waals surface area contributed by atoms with Gasteiger partial charge < -0.3 is 25.2 Å². The first-order valence-electron chi connectivity index (χ1n) is 13.8. The molecule has 2 N–H and O–H groups in total. The lowest BCUT2D eigenvalue weighted by molar-refractivity contribution is -0.111. The molecule has 5 rings (SSSR count). The van der Waals surface area contributed by atoms with Gasteiger partial charge in [-0.3, -0.25) is 14.2 Å². The van der Waals surface area contributed by atoms with Gasteiger partial charge in [-0.1, -0.05) is 31.8 Å². The minimum atomic E-state index is -1.71. The smallest absolute Gasteiger partial charge is 0.299 e. The molecule has 1 fully saturated rings. The number of anilines is 4. The lowest BCUT2D eigenvalue weighted by Crippen LogP contribution is -2.44. The van der Waals surface area contributed by atoms with Gasteiger partial charge in [-0.15, -0.1) is 5.54 Å². The van der Waals surface area contributed by atoms with Crippen LogP contribution < -0.4 is 25.8 Å². The van der Waals surface area contributed by atoms with Gasteiger partial charge in [0.05, 0.1) is 5.69 Å². The van der Waals surface area contributed by atoms with Crippen LogP contribution in [-0.2, 0) is 11.8 Å². The van der Waals surface area contributed by atoms with Gasteiger partial charge in [-0.05, 0) is 55.4 Å². The minimum absolute atomic E-state index is 0.0867. The van der Waals surface area contributed by atoms with Crippen LogP contribution in [0, 0.1) is 11.5 Å². The zero-order valence-corrected chi connectivity index (χ0v) is 25.6. The monoisotopic (exact) mass is 581 g/mol. The molecule has 0 aliphatic carbocycles. The Kier molecular flexibility index (Phi) is 8.28. The van der Waals surface area contributed by atoms with E-state index in [0.717, 1.165) is 31.9 Å². The number of hydrogen-bond acceptors (Lipinski definition) is 8. The molecule has 1 aliphatic heterocycles. The van der Waals surface area contributed by atoms with Crippen molar-refractivity contribution in [2.45, 2.75) is 19.6 Å². The summed E-state index contributed by atoms with van der Waals surface area (Å²) in [5.41, 5.74) is 5.59. The third-order valence-corrected chi connectivity index (χ3v) is 7.69. The number of aryl methyl sites for hydroxylation is 1. The number of fused-ring (bicyclic) bond motifs is 1. The van der Waals surface area contributed by atoms with Crippen molar-refractivity contribution >= 4 is 48.0 Å². The predicted octanol–water partition coefficient (Wildman–Crippen LogP) is 4.44. The summed E-state index contributed by atoms with van der Waals surface area (Å²) in [5, 5.41) is 6.63. The van der Waals surface area contributed by atoms with E-state index in [4.69, 9.17) is 4.74 Å². The van der Waals surface area contributed by atoms with E-state index in [2.05, 4.69) is 80.7 Å². The van der Waals surface area contributed by atoms with Crippen LogP contribution in [0.1, 0.15) is 0 Å². The summed E-state index contributed by atoms with van der Waals surface area (Å²) in [6.07, 6.45) is 1.65. The molecule has 2 aromatic heterocycles. The number of ether oxygens (including phenoxy) is 1. The van der Waals surface area contributed by atoms with Crippen LogP contribution in [0.25, 0.3) is 11.0 Å². The Morgan fingerprint density at radius 3 is 2.40 bits per heavy atom. The quantitative estimate of drug-likeness (QED) is 0.255. The number of hydrogen-bond donors (Lipinski definition) is 2. The Morgan fingerprint density at radius 1 is 0.976 bits per heavy atom. The average molecular weight is 582 g/mol. The van der Waals surface area contributed by atoms with Gasteiger partial charge in [0.2, 0.25) is 5.95 Å². The highest BCUT2D eigenvalue weighted by molar-refractivity contribution is 6.84. The molecular weight excluding hydrogens is 546 g/mol. The standard InChI is InChI=1S/C31H35N7O3Si/c1-36-15-17-38(18-16-36)24-12-10-23(11-13-24)33-31-32-21-22-20-27(30(40)37(2)29(22)35-31)41-26-9-7-6-8-25(26)34-28(39)14-19-42(3,4)5/h6-13,20-21H,15-18H2,1-5H3,(H,34,39)(H,32,33,35). The molecule has 42 heavy (non-hydrogen) atoms. The highest BCUT2D eigenvalue weighted by Crippen LogP contribution is 2.29. The highest BCUT2D eigenvalue weighted by atomic mass is 28.3. The van der Waals surface area contributed by atoms with Crippen molar-refractivity contribution < 1.29 is 9.53 Å². The predicted molar refractivity (Wildman–Crippen MR) is 170 cm³/mol. The zero-order valence-electron chi connectivity index (χ0n) is 24.6. The molecule has 1 amide bonds. The molecule has 0 atom stereocenters. The van der Waals surface area contributed by atoms with Crippen LogP contribution in [0.3, 0.4) is 0 Å². The van der Waals surface area contributed by atoms with Crippen LogP contribution in [0.15, 0.2) is 65.6 Å². The van der Waals surface area contributed by atoms with Crippen molar-refractivity contribution in [2.75, 3.05) is 48.8 Å². The van der Waals surface area contributed by atoms with Gasteiger partial charge in [0.1, 0.15) is 13.7 Å². The van der Waals surface area contributed by atoms with Crippen molar-refractivity contribution in [3.05, 3.63) is 71.1 Å². The summed E-state index contributed by atoms with van der Waals surface area (Å²) in [5.74, 6) is 3.03. The van der Waals surface area contributed by atoms with Crippen molar-refractivity contribution in [1.29, 1.82) is 0 Å². The maximum absolute atomic E-state index is 13.3. The molecule has 0 radical (unpaired) electrons. The Bertz CT molecular complexity index is 1730. The van der Waals surface area contributed by atoms with Crippen molar-refractivity contribution in [3.8, 4) is 23.0 Å². The average Bonchev–Trinajstić information content (AvgIpc) is 2.96. The summed E-state index contributed by atoms with van der Waals surface area (Å²) < 4.78 is 7.43. The number of benzene rings is 2. The Morgan fingerprint density at radius 2 is 1.69 bits per heavy atom. The number of carbonyl (C=O) groups is 1. The van der Waals surface area contributed by atoms with Crippen LogP contribution in [0.5, 0.6) is 11.5 Å². The molecule has 3 heterocycles. The van der Waals surface area contributed by atoms with Gasteiger partial charge in [0, 0.05) is 56.2 Å². The summed E-state index contributed by atoms with van der Waals surface area (Å²) in [4.78, 5) is 39.4. The number of nitrogens with one attached hydrogen (secondary N) is 2. The molecule has 0 saturated carbocycles. The van der Waals surface area contributed by atoms with Gasteiger partial charge in [0.15, 0.2) is 11.5 Å². The third kappa shape index (κ3) is 6.97. The first kappa shape index (κ1) is 28.9. The molecule has 0 spiro atoms. The van der Waals surface area contributed by atoms with E-state index < -0.39 is 14.0 Å². The fraction of sp³-hybridized carbons (Fsp3) is 0.290. The number of piperazine rings is 1. The van der Waals surface area contributed by atoms with E-state index in [9.17, 15) is 9.59 Å². The van der Waals surface area contributed by atoms with Crippen molar-refractivity contribution in [2.24, 2.45) is 7.05 Å². The van der Waals surface area contributed by atoms with Crippen LogP contribution >= 0.6 is 0 Å². The fourth-order valence-electron chi connectivity index (χ4n) is 4.47. The number of aromatic nitrogens is 3. The number of carbonyl (C=O) groups excluding carboxylic acids is 1. The lowest BCUT2D eigenvalue weighted by atomic mass is 10.2. The van der Waals surface area contributed by atoms with Gasteiger partial charge >= 0.3 is 0 Å². The second kappa shape index (κ2) is 12.1. The molecule has 4 aromatic rings. The van der Waals surface area contributed by atoms with E-state index in [1.165, 1.54) is 10.3 Å². The number of amides is 1. The topological polar surface area (TPSA) is 105 Å². The number of pyridine rings is 1. The molecule has 0 unspecified atom stereocenters. The van der Waals surface area contributed by atoms with Crippen molar-refractivity contribution in [3.63, 3.8) is 0 Å². The summed E-state index contributed by atoms with van der Waals surface area (Å²) in [7, 11) is 2.08. The molecule has 0 bridgehead atoms. The van der Waals surface area contributed by atoms with Crippen molar-refractivity contribution in [1.82, 2.24) is 19.4 Å². The molecule has 1 aliphatic rings. The van der Waals surface area contributed by atoms with Crippen LogP contribution in [0.2, 0.25) is 19.6 Å². The molecule has 10 nitrogen and oxygen atoms in total. The van der Waals surface area contributed by atoms with E-state index in [1.54, 1.807) is 43.6 Å². The van der Waals surface area contributed by atoms with Crippen LogP contribution in [-0.4, -0.2) is 66.6 Å². The van der Waals surface area contributed by atoms with Gasteiger partial charge in [0.25, 0.3) is 11.5 Å². The first-order chi connectivity index (χ1) is 20.1. The SMILES string of the molecule is CN1CCN(c2ccc(Nc3ncc4cc(Oc5ccccc5NC(=O)C#C[Si](C)(C)C)c(=O)n(C)c4n3)cc2)CC1. The normalized spacial score (nSPS) is 13.8. The largest absolute Gasteiger partial charge is 0.449 e. The molecule has 216 valence electrons. The fourth-order valence-corrected chi connectivity index (χ4v) is 4.96. The molecule has 11 heteroatoms. The maximum Gasteiger partial charge on any atom is 0.299 e. The molecular formula is C31H35N7O3Si. The Balaban J connectivity index is 1.33. The van der Waals surface area contributed by atoms with E-state index in [1.807, 2.05) is 12.1 Å². The van der Waals surface area contributed by atoms with Gasteiger partial charge in [-0.25, -0.2) is 4.98 Å². The Labute approximate surface area is 246 Å². The number of nitrogens with zero attached hydrogens (tertiary/aromatic N) is 5. The summed E-state index contributed by atoms with van der Waals surface area (Å²) >= 11 is 0. The molecule has 1 saturated heterocycles. The lowest BCUT2D eigenvalue weighted by Gasteiger charge is -2.34. The number of likely N-dealkylation sites (N-methyl/N-ethyl adjacent to an activating group) is 1. The minimum Gasteiger partial charge on any atom is -0.449 e. The van der Waals surface area contributed by atoms with E-state index >= 15 is 0 Å². The summed E-state index contributed by atoms with van der Waals surface area (Å²) in [6, 6.07) is 16.7. The second-order valence-electron chi connectivity index (χ2n) is 11.4. The number of para-hydroxylation sites is 2. The van der Waals surface area contributed by atoms with Gasteiger partial charge in [-0.2, -0.15) is 4.98 Å². The van der Waals surface area contributed by atoms with Crippen LogP contribution in [0.4, 0.5) is 23.0 Å².